The van der Waals surface area contributed by atoms with Crippen molar-refractivity contribution in [2.75, 3.05) is 19.7 Å². The smallest absolute Gasteiger partial charge is 0.422 e. The molecule has 0 saturated carbocycles. The number of carbonyl (C=O) groups is 1. The SMILES string of the molecule is O=C(c1ccc(OCC(F)(F)F)cc1)N1CCC(c2nc3ccccc3[nH]2)CC1. The fourth-order valence-electron chi connectivity index (χ4n) is 3.56. The number of H-pyrrole nitrogens is 1. The van der Waals surface area contributed by atoms with Gasteiger partial charge in [-0.15, -0.1) is 0 Å². The summed E-state index contributed by atoms with van der Waals surface area (Å²) in [5.74, 6) is 1.17. The van der Waals surface area contributed by atoms with Crippen molar-refractivity contribution in [1.82, 2.24) is 14.9 Å². The average molecular weight is 403 g/mol. The van der Waals surface area contributed by atoms with E-state index >= 15 is 0 Å². The molecule has 1 fully saturated rings. The second-order valence-electron chi connectivity index (χ2n) is 7.13. The first kappa shape index (κ1) is 19.3. The van der Waals surface area contributed by atoms with Crippen LogP contribution in [0.25, 0.3) is 11.0 Å². The first-order chi connectivity index (χ1) is 13.9. The van der Waals surface area contributed by atoms with Crippen LogP contribution < -0.4 is 4.74 Å². The number of aromatic amines is 1. The number of rotatable bonds is 4. The Balaban J connectivity index is 1.35. The zero-order valence-electron chi connectivity index (χ0n) is 15.6. The number of hydrogen-bond acceptors (Lipinski definition) is 3. The second-order valence-corrected chi connectivity index (χ2v) is 7.13. The second kappa shape index (κ2) is 7.77. The number of halogens is 3. The molecule has 1 aliphatic rings. The van der Waals surface area contributed by atoms with Crippen LogP contribution >= 0.6 is 0 Å². The molecule has 4 rings (SSSR count). The maximum absolute atomic E-state index is 12.7. The zero-order chi connectivity index (χ0) is 20.4. The minimum atomic E-state index is -4.39. The number of ether oxygens (including phenoxy) is 1. The third-order valence-corrected chi connectivity index (χ3v) is 5.08. The Hall–Kier alpha value is -3.03. The summed E-state index contributed by atoms with van der Waals surface area (Å²) in [5.41, 5.74) is 2.38. The van der Waals surface area contributed by atoms with E-state index in [1.165, 1.54) is 24.3 Å². The van der Waals surface area contributed by atoms with E-state index in [0.717, 1.165) is 29.7 Å². The lowest BCUT2D eigenvalue weighted by Gasteiger charge is -2.31. The van der Waals surface area contributed by atoms with Gasteiger partial charge in [-0.25, -0.2) is 4.98 Å². The van der Waals surface area contributed by atoms with Crippen molar-refractivity contribution in [3.05, 3.63) is 59.9 Å². The van der Waals surface area contributed by atoms with Crippen molar-refractivity contribution >= 4 is 16.9 Å². The molecule has 1 aliphatic heterocycles. The van der Waals surface area contributed by atoms with E-state index < -0.39 is 12.8 Å². The van der Waals surface area contributed by atoms with Gasteiger partial charge in [0, 0.05) is 24.6 Å². The van der Waals surface area contributed by atoms with Crippen molar-refractivity contribution in [1.29, 1.82) is 0 Å². The van der Waals surface area contributed by atoms with Crippen LogP contribution in [0.2, 0.25) is 0 Å². The summed E-state index contributed by atoms with van der Waals surface area (Å²) in [7, 11) is 0. The lowest BCUT2D eigenvalue weighted by Crippen LogP contribution is -2.38. The van der Waals surface area contributed by atoms with E-state index in [1.54, 1.807) is 4.90 Å². The van der Waals surface area contributed by atoms with Gasteiger partial charge in [0.15, 0.2) is 6.61 Å². The van der Waals surface area contributed by atoms with Gasteiger partial charge in [0.1, 0.15) is 11.6 Å². The molecule has 1 amide bonds. The van der Waals surface area contributed by atoms with Crippen molar-refractivity contribution in [2.24, 2.45) is 0 Å². The van der Waals surface area contributed by atoms with Gasteiger partial charge in [-0.2, -0.15) is 13.2 Å². The molecule has 1 saturated heterocycles. The highest BCUT2D eigenvalue weighted by Crippen LogP contribution is 2.28. The van der Waals surface area contributed by atoms with E-state index in [4.69, 9.17) is 0 Å². The third kappa shape index (κ3) is 4.52. The van der Waals surface area contributed by atoms with Crippen molar-refractivity contribution < 1.29 is 22.7 Å². The number of imidazole rings is 1. The molecular formula is C21H20F3N3O2. The maximum atomic E-state index is 12.7. The monoisotopic (exact) mass is 403 g/mol. The largest absolute Gasteiger partial charge is 0.484 e. The molecule has 5 nitrogen and oxygen atoms in total. The number of piperidine rings is 1. The van der Waals surface area contributed by atoms with Crippen molar-refractivity contribution in [2.45, 2.75) is 24.9 Å². The molecule has 1 N–H and O–H groups in total. The molecule has 2 aromatic carbocycles. The van der Waals surface area contributed by atoms with E-state index in [2.05, 4.69) is 14.7 Å². The van der Waals surface area contributed by atoms with Gasteiger partial charge in [-0.3, -0.25) is 4.79 Å². The van der Waals surface area contributed by atoms with Crippen LogP contribution in [0, 0.1) is 0 Å². The van der Waals surface area contributed by atoms with Gasteiger partial charge in [-0.05, 0) is 49.2 Å². The number of amides is 1. The Kier molecular flexibility index (Phi) is 5.17. The molecule has 0 atom stereocenters. The van der Waals surface area contributed by atoms with Gasteiger partial charge in [0.05, 0.1) is 11.0 Å². The highest BCUT2D eigenvalue weighted by Gasteiger charge is 2.29. The molecule has 1 aromatic heterocycles. The number of para-hydroxylation sites is 2. The fourth-order valence-corrected chi connectivity index (χ4v) is 3.56. The molecule has 0 spiro atoms. The molecule has 0 aliphatic carbocycles. The Morgan fingerprint density at radius 3 is 2.45 bits per heavy atom. The Bertz CT molecular complexity index is 957. The van der Waals surface area contributed by atoms with Gasteiger partial charge < -0.3 is 14.6 Å². The van der Waals surface area contributed by atoms with Crippen LogP contribution in [0.3, 0.4) is 0 Å². The van der Waals surface area contributed by atoms with Crippen LogP contribution in [-0.2, 0) is 0 Å². The predicted molar refractivity (Wildman–Crippen MR) is 102 cm³/mol. The number of nitrogens with zero attached hydrogens (tertiary/aromatic N) is 2. The number of aromatic nitrogens is 2. The zero-order valence-corrected chi connectivity index (χ0v) is 15.6. The van der Waals surface area contributed by atoms with Crippen molar-refractivity contribution in [3.8, 4) is 5.75 Å². The molecule has 3 aromatic rings. The molecule has 0 unspecified atom stereocenters. The number of nitrogens with one attached hydrogen (secondary N) is 1. The Morgan fingerprint density at radius 2 is 1.79 bits per heavy atom. The lowest BCUT2D eigenvalue weighted by molar-refractivity contribution is -0.153. The van der Waals surface area contributed by atoms with Crippen molar-refractivity contribution in [3.63, 3.8) is 0 Å². The maximum Gasteiger partial charge on any atom is 0.422 e. The molecule has 152 valence electrons. The molecule has 0 radical (unpaired) electrons. The Labute approximate surface area is 165 Å². The number of fused-ring (bicyclic) bond motifs is 1. The highest BCUT2D eigenvalue weighted by molar-refractivity contribution is 5.94. The predicted octanol–water partition coefficient (Wildman–Crippen LogP) is 4.52. The molecule has 8 heteroatoms. The number of likely N-dealkylation sites (tertiary alicyclic amines) is 1. The van der Waals surface area contributed by atoms with Gasteiger partial charge in [0.2, 0.25) is 0 Å². The minimum absolute atomic E-state index is 0.0856. The van der Waals surface area contributed by atoms with E-state index in [9.17, 15) is 18.0 Å². The fraction of sp³-hybridized carbons (Fsp3) is 0.333. The standard InChI is InChI=1S/C21H20F3N3O2/c22-21(23,24)13-29-16-7-5-15(6-8-16)20(28)27-11-9-14(10-12-27)19-25-17-3-1-2-4-18(17)26-19/h1-8,14H,9-13H2,(H,25,26). The normalized spacial score (nSPS) is 15.6. The minimum Gasteiger partial charge on any atom is -0.484 e. The van der Waals surface area contributed by atoms with Gasteiger partial charge in [0.25, 0.3) is 5.91 Å². The number of alkyl halides is 3. The molecule has 29 heavy (non-hydrogen) atoms. The summed E-state index contributed by atoms with van der Waals surface area (Å²) in [6.07, 6.45) is -2.78. The highest BCUT2D eigenvalue weighted by atomic mass is 19.4. The number of benzene rings is 2. The summed E-state index contributed by atoms with van der Waals surface area (Å²) in [6.45, 7) is -0.144. The molecule has 0 bridgehead atoms. The Morgan fingerprint density at radius 1 is 1.10 bits per heavy atom. The summed E-state index contributed by atoms with van der Waals surface area (Å²) < 4.78 is 41.3. The number of carbonyl (C=O) groups excluding carboxylic acids is 1. The lowest BCUT2D eigenvalue weighted by atomic mass is 9.95. The summed E-state index contributed by atoms with van der Waals surface area (Å²) in [5, 5.41) is 0. The van der Waals surface area contributed by atoms with Crippen LogP contribution in [0.5, 0.6) is 5.75 Å². The first-order valence-corrected chi connectivity index (χ1v) is 9.42. The van der Waals surface area contributed by atoms with Crippen LogP contribution in [-0.4, -0.2) is 46.6 Å². The van der Waals surface area contributed by atoms with E-state index in [-0.39, 0.29) is 17.6 Å². The topological polar surface area (TPSA) is 58.2 Å². The van der Waals surface area contributed by atoms with Crippen LogP contribution in [0.4, 0.5) is 13.2 Å². The van der Waals surface area contributed by atoms with Gasteiger partial charge >= 0.3 is 6.18 Å². The van der Waals surface area contributed by atoms with Gasteiger partial charge in [-0.1, -0.05) is 12.1 Å². The third-order valence-electron chi connectivity index (χ3n) is 5.08. The van der Waals surface area contributed by atoms with E-state index in [1.807, 2.05) is 24.3 Å². The average Bonchev–Trinajstić information content (AvgIpc) is 3.16. The summed E-state index contributed by atoms with van der Waals surface area (Å²) >= 11 is 0. The first-order valence-electron chi connectivity index (χ1n) is 9.42. The van der Waals surface area contributed by atoms with Crippen LogP contribution in [0.1, 0.15) is 34.9 Å². The quantitative estimate of drug-likeness (QED) is 0.697. The summed E-state index contributed by atoms with van der Waals surface area (Å²) in [4.78, 5) is 22.5. The van der Waals surface area contributed by atoms with Crippen LogP contribution in [0.15, 0.2) is 48.5 Å². The van der Waals surface area contributed by atoms with E-state index in [0.29, 0.717) is 18.7 Å². The molecule has 2 heterocycles. The molecular weight excluding hydrogens is 383 g/mol. The summed E-state index contributed by atoms with van der Waals surface area (Å²) in [6, 6.07) is 13.7. The number of hydrogen-bond donors (Lipinski definition) is 1.